The Labute approximate surface area is 179 Å². The van der Waals surface area contributed by atoms with Crippen molar-refractivity contribution in [1.29, 1.82) is 0 Å². The average Bonchev–Trinajstić information content (AvgIpc) is 3.40. The van der Waals surface area contributed by atoms with Crippen molar-refractivity contribution in [3.8, 4) is 23.0 Å². The van der Waals surface area contributed by atoms with Gasteiger partial charge in [-0.05, 0) is 44.7 Å². The predicted octanol–water partition coefficient (Wildman–Crippen LogP) is 3.44. The summed E-state index contributed by atoms with van der Waals surface area (Å²) in [4.78, 5) is 20.9. The first-order chi connectivity index (χ1) is 15.3. The lowest BCUT2D eigenvalue weighted by Crippen LogP contribution is -2.46. The maximum atomic E-state index is 5.09. The van der Waals surface area contributed by atoms with Crippen LogP contribution in [0.15, 0.2) is 43.1 Å². The van der Waals surface area contributed by atoms with Gasteiger partial charge in [0, 0.05) is 36.4 Å². The van der Waals surface area contributed by atoms with Crippen LogP contribution in [0.4, 0.5) is 5.82 Å². The Morgan fingerprint density at radius 2 is 1.90 bits per heavy atom. The molecular weight excluding hydrogens is 390 g/mol. The summed E-state index contributed by atoms with van der Waals surface area (Å²) in [7, 11) is 0. The lowest BCUT2D eigenvalue weighted by Gasteiger charge is -2.45. The molecule has 1 fully saturated rings. The Bertz CT molecular complexity index is 1240. The van der Waals surface area contributed by atoms with Crippen molar-refractivity contribution in [2.45, 2.75) is 51.6 Å². The second kappa shape index (κ2) is 6.97. The first-order valence-corrected chi connectivity index (χ1v) is 10.8. The van der Waals surface area contributed by atoms with Crippen LogP contribution in [-0.4, -0.2) is 45.3 Å². The van der Waals surface area contributed by atoms with Crippen LogP contribution >= 0.6 is 0 Å². The van der Waals surface area contributed by atoms with Crippen molar-refractivity contribution in [2.24, 2.45) is 0 Å². The van der Waals surface area contributed by atoms with E-state index in [4.69, 9.17) is 9.97 Å². The standard InChI is InChI=1S/C22H23N9/c1-3-17-21-28-27-14(2)30(21)18-13-25-22(26-20(18)31(17)16-5-4-6-16)29-12-11-24-19(29)15-7-9-23-10-8-15/h7-13,16-17H,3-6H2,1-2H3. The van der Waals surface area contributed by atoms with E-state index >= 15 is 0 Å². The fourth-order valence-electron chi connectivity index (χ4n) is 4.64. The van der Waals surface area contributed by atoms with Crippen molar-refractivity contribution < 1.29 is 0 Å². The van der Waals surface area contributed by atoms with Gasteiger partial charge < -0.3 is 4.90 Å². The molecule has 156 valence electrons. The Kier molecular flexibility index (Phi) is 4.09. The zero-order valence-electron chi connectivity index (χ0n) is 17.5. The van der Waals surface area contributed by atoms with Crippen LogP contribution in [0.2, 0.25) is 0 Å². The minimum absolute atomic E-state index is 0.157. The van der Waals surface area contributed by atoms with E-state index < -0.39 is 0 Å². The molecule has 1 aliphatic carbocycles. The maximum absolute atomic E-state index is 5.09. The van der Waals surface area contributed by atoms with E-state index in [9.17, 15) is 0 Å². The highest BCUT2D eigenvalue weighted by Gasteiger charge is 2.40. The van der Waals surface area contributed by atoms with E-state index in [2.05, 4.69) is 36.6 Å². The Morgan fingerprint density at radius 1 is 1.06 bits per heavy atom. The van der Waals surface area contributed by atoms with Gasteiger partial charge in [-0.25, -0.2) is 9.97 Å². The zero-order valence-corrected chi connectivity index (χ0v) is 17.5. The molecule has 0 bridgehead atoms. The number of hydrogen-bond acceptors (Lipinski definition) is 7. The molecule has 0 saturated heterocycles. The van der Waals surface area contributed by atoms with E-state index in [1.807, 2.05) is 36.0 Å². The first kappa shape index (κ1) is 18.2. The third-order valence-electron chi connectivity index (χ3n) is 6.36. The number of hydrogen-bond donors (Lipinski definition) is 0. The molecule has 6 rings (SSSR count). The molecule has 1 saturated carbocycles. The molecule has 4 aromatic heterocycles. The number of anilines is 1. The SMILES string of the molecule is CCC1c2nnc(C)n2-c2cnc(-n3ccnc3-c3ccncc3)nc2N1C1CCC1. The Morgan fingerprint density at radius 3 is 2.65 bits per heavy atom. The highest BCUT2D eigenvalue weighted by Crippen LogP contribution is 2.44. The molecule has 0 radical (unpaired) electrons. The van der Waals surface area contributed by atoms with Gasteiger partial charge in [-0.1, -0.05) is 6.92 Å². The van der Waals surface area contributed by atoms with Crippen LogP contribution in [0.25, 0.3) is 23.0 Å². The molecule has 0 aromatic carbocycles. The van der Waals surface area contributed by atoms with Gasteiger partial charge in [0.2, 0.25) is 5.95 Å². The number of rotatable bonds is 4. The molecule has 9 heteroatoms. The molecule has 0 amide bonds. The monoisotopic (exact) mass is 413 g/mol. The highest BCUT2D eigenvalue weighted by atomic mass is 15.4. The molecule has 31 heavy (non-hydrogen) atoms. The summed E-state index contributed by atoms with van der Waals surface area (Å²) < 4.78 is 4.05. The third-order valence-corrected chi connectivity index (χ3v) is 6.36. The zero-order chi connectivity index (χ0) is 20.9. The molecular formula is C22H23N9. The van der Waals surface area contributed by atoms with Crippen molar-refractivity contribution in [2.75, 3.05) is 4.90 Å². The number of pyridine rings is 1. The van der Waals surface area contributed by atoms with Gasteiger partial charge in [0.05, 0.1) is 12.2 Å². The summed E-state index contributed by atoms with van der Waals surface area (Å²) >= 11 is 0. The molecule has 0 spiro atoms. The van der Waals surface area contributed by atoms with Crippen LogP contribution in [-0.2, 0) is 0 Å². The lowest BCUT2D eigenvalue weighted by atomic mass is 9.89. The molecule has 0 N–H and O–H groups in total. The summed E-state index contributed by atoms with van der Waals surface area (Å²) in [5.74, 6) is 4.19. The summed E-state index contributed by atoms with van der Waals surface area (Å²) in [5, 5.41) is 8.89. The second-order valence-electron chi connectivity index (χ2n) is 8.09. The first-order valence-electron chi connectivity index (χ1n) is 10.8. The number of fused-ring (bicyclic) bond motifs is 3. The largest absolute Gasteiger partial charge is 0.341 e. The summed E-state index contributed by atoms with van der Waals surface area (Å²) in [5.41, 5.74) is 1.92. The van der Waals surface area contributed by atoms with E-state index in [0.29, 0.717) is 12.0 Å². The smallest absolute Gasteiger partial charge is 0.237 e. The highest BCUT2D eigenvalue weighted by molar-refractivity contribution is 5.64. The molecule has 1 unspecified atom stereocenters. The lowest BCUT2D eigenvalue weighted by molar-refractivity contribution is 0.341. The molecule has 2 aliphatic rings. The quantitative estimate of drug-likeness (QED) is 0.506. The van der Waals surface area contributed by atoms with Crippen molar-refractivity contribution in [3.63, 3.8) is 0 Å². The van der Waals surface area contributed by atoms with E-state index in [0.717, 1.165) is 41.0 Å². The van der Waals surface area contributed by atoms with Crippen molar-refractivity contribution in [1.82, 2.24) is 39.3 Å². The fraction of sp³-hybridized carbons (Fsp3) is 0.364. The third kappa shape index (κ3) is 2.69. The minimum Gasteiger partial charge on any atom is -0.341 e. The molecule has 1 atom stereocenters. The van der Waals surface area contributed by atoms with Crippen molar-refractivity contribution >= 4 is 5.82 Å². The van der Waals surface area contributed by atoms with E-state index in [1.54, 1.807) is 18.6 Å². The Hall–Kier alpha value is -3.62. The number of aromatic nitrogens is 8. The minimum atomic E-state index is 0.157. The van der Waals surface area contributed by atoms with Gasteiger partial charge in [-0.3, -0.25) is 14.1 Å². The van der Waals surface area contributed by atoms with Crippen LogP contribution in [0.5, 0.6) is 0 Å². The van der Waals surface area contributed by atoms with Gasteiger partial charge in [0.1, 0.15) is 17.3 Å². The van der Waals surface area contributed by atoms with Gasteiger partial charge in [0.15, 0.2) is 11.6 Å². The summed E-state index contributed by atoms with van der Waals surface area (Å²) in [6.07, 6.45) is 13.7. The van der Waals surface area contributed by atoms with Crippen molar-refractivity contribution in [3.05, 3.63) is 54.8 Å². The van der Waals surface area contributed by atoms with Gasteiger partial charge in [-0.15, -0.1) is 10.2 Å². The Balaban J connectivity index is 1.53. The molecule has 9 nitrogen and oxygen atoms in total. The molecule has 4 aromatic rings. The number of nitrogens with zero attached hydrogens (tertiary/aromatic N) is 9. The molecule has 1 aliphatic heterocycles. The molecule has 5 heterocycles. The fourth-order valence-corrected chi connectivity index (χ4v) is 4.64. The summed E-state index contributed by atoms with van der Waals surface area (Å²) in [6, 6.07) is 4.51. The van der Waals surface area contributed by atoms with Crippen LogP contribution < -0.4 is 4.90 Å². The maximum Gasteiger partial charge on any atom is 0.237 e. The van der Waals surface area contributed by atoms with E-state index in [-0.39, 0.29) is 6.04 Å². The normalized spacial score (nSPS) is 17.9. The predicted molar refractivity (Wildman–Crippen MR) is 115 cm³/mol. The van der Waals surface area contributed by atoms with E-state index in [1.165, 1.54) is 19.3 Å². The summed E-state index contributed by atoms with van der Waals surface area (Å²) in [6.45, 7) is 4.19. The average molecular weight is 413 g/mol. The second-order valence-corrected chi connectivity index (χ2v) is 8.09. The van der Waals surface area contributed by atoms with Crippen LogP contribution in [0.3, 0.4) is 0 Å². The van der Waals surface area contributed by atoms with Gasteiger partial charge in [0.25, 0.3) is 0 Å². The van der Waals surface area contributed by atoms with Crippen LogP contribution in [0.1, 0.15) is 50.3 Å². The van der Waals surface area contributed by atoms with Crippen LogP contribution in [0, 0.1) is 6.92 Å². The van der Waals surface area contributed by atoms with Gasteiger partial charge >= 0.3 is 0 Å². The number of aryl methyl sites for hydroxylation is 1. The van der Waals surface area contributed by atoms with Gasteiger partial charge in [-0.2, -0.15) is 4.98 Å². The topological polar surface area (TPSA) is 90.4 Å². The number of imidazole rings is 1.